The highest BCUT2D eigenvalue weighted by Crippen LogP contribution is 2.31. The first-order chi connectivity index (χ1) is 8.41. The predicted molar refractivity (Wildman–Crippen MR) is 74.5 cm³/mol. The zero-order valence-corrected chi connectivity index (χ0v) is 12.1. The van der Waals surface area contributed by atoms with Crippen molar-refractivity contribution in [2.45, 2.75) is 26.7 Å². The number of aryl methyl sites for hydroxylation is 1. The first kappa shape index (κ1) is 13.1. The number of aromatic nitrogens is 2. The molecule has 0 spiro atoms. The summed E-state index contributed by atoms with van der Waals surface area (Å²) < 4.78 is 15.6. The maximum atomic E-state index is 13.1. The Morgan fingerprint density at radius 1 is 1.39 bits per heavy atom. The fourth-order valence-electron chi connectivity index (χ4n) is 1.84. The van der Waals surface area contributed by atoms with Gasteiger partial charge in [0.2, 0.25) is 0 Å². The monoisotopic (exact) mass is 311 g/mol. The van der Waals surface area contributed by atoms with E-state index in [9.17, 15) is 4.39 Å². The van der Waals surface area contributed by atoms with E-state index in [1.165, 1.54) is 12.1 Å². The van der Waals surface area contributed by atoms with Gasteiger partial charge in [-0.25, -0.2) is 9.07 Å². The molecule has 18 heavy (non-hydrogen) atoms. The molecule has 1 heterocycles. The van der Waals surface area contributed by atoms with Crippen LogP contribution >= 0.6 is 15.9 Å². The average molecular weight is 312 g/mol. The van der Waals surface area contributed by atoms with Crippen LogP contribution in [0.1, 0.15) is 31.0 Å². The molecule has 1 aromatic heterocycles. The van der Waals surface area contributed by atoms with Gasteiger partial charge < -0.3 is 5.73 Å². The van der Waals surface area contributed by atoms with Crippen LogP contribution in [-0.2, 0) is 0 Å². The minimum Gasteiger partial charge on any atom is -0.383 e. The zero-order valence-electron chi connectivity index (χ0n) is 10.5. The maximum Gasteiger partial charge on any atom is 0.141 e. The third kappa shape index (κ3) is 2.14. The van der Waals surface area contributed by atoms with Crippen LogP contribution in [0.2, 0.25) is 0 Å². The van der Waals surface area contributed by atoms with Crippen LogP contribution in [0.5, 0.6) is 0 Å². The van der Waals surface area contributed by atoms with Gasteiger partial charge in [0, 0.05) is 0 Å². The quantitative estimate of drug-likeness (QED) is 0.917. The topological polar surface area (TPSA) is 43.8 Å². The molecule has 0 saturated heterocycles. The highest BCUT2D eigenvalue weighted by molar-refractivity contribution is 9.10. The lowest BCUT2D eigenvalue weighted by Crippen LogP contribution is -2.04. The van der Waals surface area contributed by atoms with E-state index in [1.54, 1.807) is 10.7 Å². The summed E-state index contributed by atoms with van der Waals surface area (Å²) >= 11 is 3.46. The fourth-order valence-corrected chi connectivity index (χ4v) is 2.54. The highest BCUT2D eigenvalue weighted by Gasteiger charge is 2.17. The number of hydrogen-bond acceptors (Lipinski definition) is 2. The number of anilines is 1. The molecule has 3 nitrogen and oxygen atoms in total. The minimum absolute atomic E-state index is 0.259. The molecule has 0 unspecified atom stereocenters. The molecule has 0 fully saturated rings. The summed E-state index contributed by atoms with van der Waals surface area (Å²) in [5, 5.41) is 4.49. The van der Waals surface area contributed by atoms with Gasteiger partial charge >= 0.3 is 0 Å². The van der Waals surface area contributed by atoms with E-state index in [2.05, 4.69) is 21.0 Å². The minimum atomic E-state index is -0.259. The number of hydrogen-bond donors (Lipinski definition) is 1. The summed E-state index contributed by atoms with van der Waals surface area (Å²) in [5.74, 6) is 0.544. The lowest BCUT2D eigenvalue weighted by molar-refractivity contribution is 0.625. The molecule has 5 heteroatoms. The van der Waals surface area contributed by atoms with Gasteiger partial charge in [-0.2, -0.15) is 5.10 Å². The number of nitrogens with zero attached hydrogens (tertiary/aromatic N) is 2. The van der Waals surface area contributed by atoms with Crippen molar-refractivity contribution in [1.29, 1.82) is 0 Å². The first-order valence-electron chi connectivity index (χ1n) is 5.72. The Labute approximate surface area is 114 Å². The predicted octanol–water partition coefficient (Wildman–Crippen LogP) is 3.79. The van der Waals surface area contributed by atoms with Crippen molar-refractivity contribution in [3.63, 3.8) is 0 Å². The van der Waals surface area contributed by atoms with Crippen molar-refractivity contribution >= 4 is 21.7 Å². The van der Waals surface area contributed by atoms with Gasteiger partial charge in [0.1, 0.15) is 11.6 Å². The van der Waals surface area contributed by atoms with Gasteiger partial charge in [0.05, 0.1) is 15.9 Å². The molecule has 0 aliphatic heterocycles. The van der Waals surface area contributed by atoms with E-state index in [1.807, 2.05) is 20.8 Å². The summed E-state index contributed by atoms with van der Waals surface area (Å²) in [5.41, 5.74) is 8.53. The smallest absolute Gasteiger partial charge is 0.141 e. The molecule has 0 aliphatic rings. The normalized spacial score (nSPS) is 11.2. The summed E-state index contributed by atoms with van der Waals surface area (Å²) in [6.07, 6.45) is 0. The van der Waals surface area contributed by atoms with Gasteiger partial charge in [-0.3, -0.25) is 0 Å². The molecule has 2 N–H and O–H groups in total. The van der Waals surface area contributed by atoms with Crippen LogP contribution in [0, 0.1) is 12.7 Å². The number of nitrogens with two attached hydrogens (primary N) is 1. The fraction of sp³-hybridized carbons (Fsp3) is 0.308. The second kappa shape index (κ2) is 4.72. The van der Waals surface area contributed by atoms with Crippen molar-refractivity contribution in [2.75, 3.05) is 5.73 Å². The molecular formula is C13H15BrFN3. The molecule has 0 saturated carbocycles. The maximum absolute atomic E-state index is 13.1. The van der Waals surface area contributed by atoms with E-state index in [0.29, 0.717) is 5.82 Å². The molecule has 2 aromatic rings. The Bertz CT molecular complexity index is 590. The van der Waals surface area contributed by atoms with E-state index in [4.69, 9.17) is 5.73 Å². The van der Waals surface area contributed by atoms with Crippen molar-refractivity contribution in [3.8, 4) is 5.69 Å². The highest BCUT2D eigenvalue weighted by atomic mass is 79.9. The second-order valence-corrected chi connectivity index (χ2v) is 5.37. The van der Waals surface area contributed by atoms with E-state index in [0.717, 1.165) is 21.4 Å². The standard InChI is InChI=1S/C13H15BrFN3/c1-7(2)12-11(14)13(16)18(17-12)10-5-4-9(15)6-8(10)3/h4-7H,16H2,1-3H3. The lowest BCUT2D eigenvalue weighted by atomic mass is 10.1. The molecule has 0 amide bonds. The number of nitrogen functional groups attached to an aromatic ring is 1. The Morgan fingerprint density at radius 3 is 2.56 bits per heavy atom. The average Bonchev–Trinajstić information content (AvgIpc) is 2.57. The largest absolute Gasteiger partial charge is 0.383 e. The Balaban J connectivity index is 2.61. The van der Waals surface area contributed by atoms with Gasteiger partial charge in [-0.05, 0) is 52.5 Å². The van der Waals surface area contributed by atoms with Crippen LogP contribution < -0.4 is 5.73 Å². The van der Waals surface area contributed by atoms with E-state index in [-0.39, 0.29) is 11.7 Å². The third-order valence-corrected chi connectivity index (χ3v) is 3.63. The van der Waals surface area contributed by atoms with Gasteiger partial charge in [0.15, 0.2) is 0 Å². The van der Waals surface area contributed by atoms with Crippen molar-refractivity contribution in [1.82, 2.24) is 9.78 Å². The summed E-state index contributed by atoms with van der Waals surface area (Å²) in [6, 6.07) is 4.57. The molecule has 0 atom stereocenters. The van der Waals surface area contributed by atoms with Gasteiger partial charge in [-0.1, -0.05) is 13.8 Å². The summed E-state index contributed by atoms with van der Waals surface area (Å²) in [6.45, 7) is 5.94. The van der Waals surface area contributed by atoms with Crippen LogP contribution in [0.15, 0.2) is 22.7 Å². The number of halogens is 2. The molecule has 96 valence electrons. The van der Waals surface area contributed by atoms with Crippen LogP contribution in [0.25, 0.3) is 5.69 Å². The van der Waals surface area contributed by atoms with E-state index >= 15 is 0 Å². The van der Waals surface area contributed by atoms with Crippen molar-refractivity contribution in [2.24, 2.45) is 0 Å². The molecular weight excluding hydrogens is 297 g/mol. The molecule has 0 aliphatic carbocycles. The van der Waals surface area contributed by atoms with Crippen molar-refractivity contribution in [3.05, 3.63) is 39.7 Å². The Hall–Kier alpha value is -1.36. The van der Waals surface area contributed by atoms with Crippen LogP contribution in [0.4, 0.5) is 10.2 Å². The molecule has 2 rings (SSSR count). The molecule has 1 aromatic carbocycles. The van der Waals surface area contributed by atoms with Crippen molar-refractivity contribution < 1.29 is 4.39 Å². The van der Waals surface area contributed by atoms with Gasteiger partial charge in [-0.15, -0.1) is 0 Å². The van der Waals surface area contributed by atoms with Gasteiger partial charge in [0.25, 0.3) is 0 Å². The second-order valence-electron chi connectivity index (χ2n) is 4.58. The van der Waals surface area contributed by atoms with Crippen LogP contribution in [0.3, 0.4) is 0 Å². The Morgan fingerprint density at radius 2 is 2.06 bits per heavy atom. The SMILES string of the molecule is Cc1cc(F)ccc1-n1nc(C(C)C)c(Br)c1N. The first-order valence-corrected chi connectivity index (χ1v) is 6.51. The van der Waals surface area contributed by atoms with Crippen LogP contribution in [-0.4, -0.2) is 9.78 Å². The zero-order chi connectivity index (χ0) is 13.4. The summed E-state index contributed by atoms with van der Waals surface area (Å²) in [4.78, 5) is 0. The molecule has 0 radical (unpaired) electrons. The lowest BCUT2D eigenvalue weighted by Gasteiger charge is -2.07. The van der Waals surface area contributed by atoms with E-state index < -0.39 is 0 Å². The summed E-state index contributed by atoms with van der Waals surface area (Å²) in [7, 11) is 0. The third-order valence-electron chi connectivity index (χ3n) is 2.82. The molecule has 0 bridgehead atoms. The number of rotatable bonds is 2. The number of benzene rings is 1. The Kier molecular flexibility index (Phi) is 3.43.